The summed E-state index contributed by atoms with van der Waals surface area (Å²) >= 11 is 0. The summed E-state index contributed by atoms with van der Waals surface area (Å²) < 4.78 is 2.07. The number of nitrogens with zero attached hydrogens (tertiary/aromatic N) is 4. The monoisotopic (exact) mass is 388 g/mol. The SMILES string of the molecule is C[C@H]1CCCC[C@]12NC(=O)N(CC(=O)NCc1nnc3n1CCCCC3)C2=O. The molecule has 3 heterocycles. The number of hydrogen-bond acceptors (Lipinski definition) is 5. The lowest BCUT2D eigenvalue weighted by Gasteiger charge is -2.36. The Kier molecular flexibility index (Phi) is 5.07. The van der Waals surface area contributed by atoms with E-state index < -0.39 is 11.6 Å². The molecule has 1 spiro atoms. The lowest BCUT2D eigenvalue weighted by atomic mass is 9.73. The number of rotatable bonds is 4. The molecule has 152 valence electrons. The average Bonchev–Trinajstić information content (AvgIpc) is 3.04. The van der Waals surface area contributed by atoms with Crippen LogP contribution in [0.4, 0.5) is 4.79 Å². The first kappa shape index (κ1) is 18.9. The Morgan fingerprint density at radius 2 is 2.07 bits per heavy atom. The standard InChI is InChI=1S/C19H28N6O3/c1-13-7-4-5-9-19(13)17(27)25(18(28)21-19)12-16(26)20-11-15-23-22-14-8-3-2-6-10-24(14)15/h13H,2-12H2,1H3,(H,20,26)(H,21,28)/t13-,19-/m0/s1. The third-order valence-corrected chi connectivity index (χ3v) is 6.43. The molecule has 1 aromatic heterocycles. The van der Waals surface area contributed by atoms with Gasteiger partial charge in [0.15, 0.2) is 5.82 Å². The lowest BCUT2D eigenvalue weighted by Crippen LogP contribution is -2.54. The number of hydrogen-bond donors (Lipinski definition) is 2. The summed E-state index contributed by atoms with van der Waals surface area (Å²) in [5, 5.41) is 14.1. The summed E-state index contributed by atoms with van der Waals surface area (Å²) in [6.45, 7) is 2.84. The molecule has 28 heavy (non-hydrogen) atoms. The number of carbonyl (C=O) groups is 3. The summed E-state index contributed by atoms with van der Waals surface area (Å²) in [6, 6.07) is -0.467. The minimum atomic E-state index is -0.833. The van der Waals surface area contributed by atoms with Crippen LogP contribution in [0.15, 0.2) is 0 Å². The van der Waals surface area contributed by atoms with Crippen molar-refractivity contribution in [3.05, 3.63) is 11.6 Å². The highest BCUT2D eigenvalue weighted by atomic mass is 16.2. The van der Waals surface area contributed by atoms with Crippen molar-refractivity contribution in [1.82, 2.24) is 30.3 Å². The van der Waals surface area contributed by atoms with Crippen LogP contribution < -0.4 is 10.6 Å². The van der Waals surface area contributed by atoms with Crippen molar-refractivity contribution in [2.75, 3.05) is 6.54 Å². The van der Waals surface area contributed by atoms with Crippen molar-refractivity contribution in [3.63, 3.8) is 0 Å². The number of nitrogens with one attached hydrogen (secondary N) is 2. The summed E-state index contributed by atoms with van der Waals surface area (Å²) in [5.74, 6) is 1.13. The minimum absolute atomic E-state index is 0.0808. The molecule has 0 bridgehead atoms. The van der Waals surface area contributed by atoms with Crippen molar-refractivity contribution >= 4 is 17.8 Å². The molecule has 3 aliphatic rings. The topological polar surface area (TPSA) is 109 Å². The highest BCUT2D eigenvalue weighted by molar-refractivity contribution is 6.09. The van der Waals surface area contributed by atoms with Gasteiger partial charge >= 0.3 is 6.03 Å². The van der Waals surface area contributed by atoms with Crippen molar-refractivity contribution < 1.29 is 14.4 Å². The van der Waals surface area contributed by atoms with E-state index >= 15 is 0 Å². The molecule has 0 radical (unpaired) electrons. The normalized spacial score (nSPS) is 27.5. The first-order chi connectivity index (χ1) is 13.5. The maximum absolute atomic E-state index is 12.9. The number of carbonyl (C=O) groups excluding carboxylic acids is 3. The average molecular weight is 388 g/mol. The zero-order valence-electron chi connectivity index (χ0n) is 16.4. The maximum atomic E-state index is 12.9. The van der Waals surface area contributed by atoms with Gasteiger partial charge in [0.05, 0.1) is 6.54 Å². The van der Waals surface area contributed by atoms with Gasteiger partial charge in [0.25, 0.3) is 5.91 Å². The summed E-state index contributed by atoms with van der Waals surface area (Å²) in [7, 11) is 0. The van der Waals surface area contributed by atoms with Gasteiger partial charge in [0.1, 0.15) is 17.9 Å². The fraction of sp³-hybridized carbons (Fsp3) is 0.737. The molecule has 2 aliphatic heterocycles. The van der Waals surface area contributed by atoms with E-state index in [1.165, 1.54) is 6.42 Å². The van der Waals surface area contributed by atoms with Crippen LogP contribution in [0.1, 0.15) is 63.5 Å². The molecule has 0 aromatic carbocycles. The molecule has 2 atom stereocenters. The van der Waals surface area contributed by atoms with Crippen LogP contribution >= 0.6 is 0 Å². The number of aromatic nitrogens is 3. The van der Waals surface area contributed by atoms with Gasteiger partial charge in [-0.1, -0.05) is 26.2 Å². The van der Waals surface area contributed by atoms with Crippen molar-refractivity contribution in [2.24, 2.45) is 5.92 Å². The Hall–Kier alpha value is -2.45. The van der Waals surface area contributed by atoms with Gasteiger partial charge in [0.2, 0.25) is 5.91 Å². The van der Waals surface area contributed by atoms with E-state index in [9.17, 15) is 14.4 Å². The highest BCUT2D eigenvalue weighted by Crippen LogP contribution is 2.38. The van der Waals surface area contributed by atoms with Gasteiger partial charge in [-0.2, -0.15) is 0 Å². The fourth-order valence-electron chi connectivity index (χ4n) is 4.69. The third-order valence-electron chi connectivity index (χ3n) is 6.43. The van der Waals surface area contributed by atoms with Crippen LogP contribution in [0.25, 0.3) is 0 Å². The molecular weight excluding hydrogens is 360 g/mol. The van der Waals surface area contributed by atoms with Crippen molar-refractivity contribution in [2.45, 2.75) is 76.9 Å². The quantitative estimate of drug-likeness (QED) is 0.752. The molecule has 1 aromatic rings. The van der Waals surface area contributed by atoms with E-state index in [1.54, 1.807) is 0 Å². The largest absolute Gasteiger partial charge is 0.347 e. The maximum Gasteiger partial charge on any atom is 0.325 e. The summed E-state index contributed by atoms with van der Waals surface area (Å²) in [6.07, 6.45) is 7.78. The van der Waals surface area contributed by atoms with Crippen LogP contribution in [0, 0.1) is 5.92 Å². The van der Waals surface area contributed by atoms with E-state index in [2.05, 4.69) is 25.4 Å². The second-order valence-electron chi connectivity index (χ2n) is 8.21. The predicted molar refractivity (Wildman–Crippen MR) is 100 cm³/mol. The van der Waals surface area contributed by atoms with E-state index in [0.29, 0.717) is 6.42 Å². The van der Waals surface area contributed by atoms with E-state index in [0.717, 1.165) is 61.6 Å². The minimum Gasteiger partial charge on any atom is -0.347 e. The number of aryl methyl sites for hydroxylation is 1. The molecule has 2 N–H and O–H groups in total. The van der Waals surface area contributed by atoms with Crippen LogP contribution in [0.2, 0.25) is 0 Å². The zero-order valence-corrected chi connectivity index (χ0v) is 16.4. The Labute approximate surface area is 164 Å². The molecule has 1 saturated heterocycles. The fourth-order valence-corrected chi connectivity index (χ4v) is 4.69. The molecule has 0 unspecified atom stereocenters. The molecule has 1 saturated carbocycles. The van der Waals surface area contributed by atoms with Gasteiger partial charge in [-0.3, -0.25) is 14.5 Å². The molecule has 2 fully saturated rings. The van der Waals surface area contributed by atoms with Crippen LogP contribution in [0.3, 0.4) is 0 Å². The van der Waals surface area contributed by atoms with Gasteiger partial charge < -0.3 is 15.2 Å². The second-order valence-corrected chi connectivity index (χ2v) is 8.21. The van der Waals surface area contributed by atoms with Gasteiger partial charge in [-0.15, -0.1) is 10.2 Å². The zero-order chi connectivity index (χ0) is 19.7. The second kappa shape index (κ2) is 7.52. The number of imide groups is 1. The Balaban J connectivity index is 1.37. The Morgan fingerprint density at radius 1 is 1.21 bits per heavy atom. The lowest BCUT2D eigenvalue weighted by molar-refractivity contribution is -0.137. The first-order valence-corrected chi connectivity index (χ1v) is 10.3. The summed E-state index contributed by atoms with van der Waals surface area (Å²) in [5.41, 5.74) is -0.833. The number of amides is 4. The molecule has 9 heteroatoms. The summed E-state index contributed by atoms with van der Waals surface area (Å²) in [4.78, 5) is 38.8. The number of urea groups is 1. The van der Waals surface area contributed by atoms with E-state index in [4.69, 9.17) is 0 Å². The Morgan fingerprint density at radius 3 is 2.89 bits per heavy atom. The molecule has 9 nitrogen and oxygen atoms in total. The van der Waals surface area contributed by atoms with Crippen molar-refractivity contribution in [3.8, 4) is 0 Å². The van der Waals surface area contributed by atoms with Crippen molar-refractivity contribution in [1.29, 1.82) is 0 Å². The van der Waals surface area contributed by atoms with E-state index in [1.807, 2.05) is 6.92 Å². The van der Waals surface area contributed by atoms with Gasteiger partial charge in [0, 0.05) is 13.0 Å². The Bertz CT molecular complexity index is 791. The first-order valence-electron chi connectivity index (χ1n) is 10.3. The van der Waals surface area contributed by atoms with Crippen LogP contribution in [-0.4, -0.2) is 49.6 Å². The molecule has 1 aliphatic carbocycles. The molecule has 4 amide bonds. The highest BCUT2D eigenvalue weighted by Gasteiger charge is 2.55. The third kappa shape index (κ3) is 3.27. The molecular formula is C19H28N6O3. The van der Waals surface area contributed by atoms with Crippen LogP contribution in [-0.2, 0) is 29.1 Å². The van der Waals surface area contributed by atoms with E-state index in [-0.39, 0.29) is 30.8 Å². The predicted octanol–water partition coefficient (Wildman–Crippen LogP) is 1.12. The molecule has 4 rings (SSSR count). The smallest absolute Gasteiger partial charge is 0.325 e. The van der Waals surface area contributed by atoms with Gasteiger partial charge in [-0.05, 0) is 31.6 Å². The van der Waals surface area contributed by atoms with Crippen LogP contribution in [0.5, 0.6) is 0 Å². The number of fused-ring (bicyclic) bond motifs is 1. The van der Waals surface area contributed by atoms with Gasteiger partial charge in [-0.25, -0.2) is 4.79 Å².